The first kappa shape index (κ1) is 10.4. The Kier molecular flexibility index (Phi) is 3.63. The second kappa shape index (κ2) is 4.53. The molecule has 0 fully saturated rings. The van der Waals surface area contributed by atoms with Gasteiger partial charge < -0.3 is 20.6 Å². The molecule has 1 rings (SSSR count). The van der Waals surface area contributed by atoms with Crippen molar-refractivity contribution in [3.8, 4) is 5.75 Å². The Morgan fingerprint density at radius 3 is 2.23 bits per heavy atom. The van der Waals surface area contributed by atoms with Crippen molar-refractivity contribution >= 4 is 8.38 Å². The van der Waals surface area contributed by atoms with Crippen LogP contribution in [0.3, 0.4) is 0 Å². The highest BCUT2D eigenvalue weighted by Crippen LogP contribution is 2.29. The average Bonchev–Trinajstić information content (AvgIpc) is 2.08. The molecule has 1 aromatic carbocycles. The van der Waals surface area contributed by atoms with Gasteiger partial charge in [0, 0.05) is 0 Å². The van der Waals surface area contributed by atoms with Gasteiger partial charge in [0.05, 0.1) is 5.78 Å². The van der Waals surface area contributed by atoms with Crippen LogP contribution in [0.2, 0.25) is 0 Å². The van der Waals surface area contributed by atoms with Crippen molar-refractivity contribution in [3.05, 3.63) is 29.8 Å². The summed E-state index contributed by atoms with van der Waals surface area (Å²) in [4.78, 5) is 17.6. The lowest BCUT2D eigenvalue weighted by molar-refractivity contribution is 0.464. The molecule has 1 atom stereocenters. The number of aromatic hydroxyl groups is 1. The van der Waals surface area contributed by atoms with Gasteiger partial charge in [0.2, 0.25) is 0 Å². The molecule has 0 radical (unpaired) electrons. The summed E-state index contributed by atoms with van der Waals surface area (Å²) in [5.41, 5.74) is 6.33. The number of hydrogen-bond acceptors (Lipinski definition) is 4. The Bertz CT molecular complexity index is 263. The van der Waals surface area contributed by atoms with Gasteiger partial charge in [0.1, 0.15) is 5.75 Å². The van der Waals surface area contributed by atoms with Crippen molar-refractivity contribution in [2.75, 3.05) is 0 Å². The van der Waals surface area contributed by atoms with Gasteiger partial charge in [-0.15, -0.1) is 0 Å². The maximum atomic E-state index is 8.97. The molecular formula is C8H12NO3P. The molecule has 4 nitrogen and oxygen atoms in total. The topological polar surface area (TPSA) is 86.7 Å². The van der Waals surface area contributed by atoms with Gasteiger partial charge in [-0.25, -0.2) is 0 Å². The minimum atomic E-state index is -2.08. The molecule has 72 valence electrons. The summed E-state index contributed by atoms with van der Waals surface area (Å²) in [6, 6.07) is 6.49. The van der Waals surface area contributed by atoms with E-state index in [1.807, 2.05) is 0 Å². The van der Waals surface area contributed by atoms with Crippen molar-refractivity contribution < 1.29 is 14.9 Å². The van der Waals surface area contributed by atoms with E-state index in [0.29, 0.717) is 6.42 Å². The van der Waals surface area contributed by atoms with E-state index in [9.17, 15) is 0 Å². The van der Waals surface area contributed by atoms with Crippen molar-refractivity contribution in [1.82, 2.24) is 0 Å². The highest BCUT2D eigenvalue weighted by molar-refractivity contribution is 7.45. The predicted molar refractivity (Wildman–Crippen MR) is 51.1 cm³/mol. The average molecular weight is 201 g/mol. The van der Waals surface area contributed by atoms with Crippen molar-refractivity contribution in [2.24, 2.45) is 5.73 Å². The minimum Gasteiger partial charge on any atom is -0.508 e. The standard InChI is InChI=1S/C8H12NO3P/c9-8(13(11)12)5-6-1-3-7(10)4-2-6/h1-4,8,10-12H,5,9H2. The van der Waals surface area contributed by atoms with Crippen LogP contribution in [0.4, 0.5) is 0 Å². The van der Waals surface area contributed by atoms with E-state index in [0.717, 1.165) is 5.56 Å². The summed E-state index contributed by atoms with van der Waals surface area (Å²) in [7, 11) is -2.08. The zero-order valence-corrected chi connectivity index (χ0v) is 7.85. The smallest absolute Gasteiger partial charge is 0.183 e. The summed E-state index contributed by atoms with van der Waals surface area (Å²) in [5.74, 6) is -0.438. The lowest BCUT2D eigenvalue weighted by Crippen LogP contribution is -2.20. The lowest BCUT2D eigenvalue weighted by Gasteiger charge is -2.11. The third-order valence-corrected chi connectivity index (χ3v) is 2.45. The fourth-order valence-corrected chi connectivity index (χ4v) is 1.33. The molecule has 0 aliphatic heterocycles. The summed E-state index contributed by atoms with van der Waals surface area (Å²) in [6.07, 6.45) is 0.402. The first-order chi connectivity index (χ1) is 6.09. The molecule has 5 heteroatoms. The van der Waals surface area contributed by atoms with Crippen LogP contribution in [0.25, 0.3) is 0 Å². The number of phenols is 1. The summed E-state index contributed by atoms with van der Waals surface area (Å²) >= 11 is 0. The van der Waals surface area contributed by atoms with Crippen molar-refractivity contribution in [1.29, 1.82) is 0 Å². The molecule has 0 aliphatic rings. The Morgan fingerprint density at radius 2 is 1.77 bits per heavy atom. The number of benzene rings is 1. The molecule has 0 amide bonds. The maximum absolute atomic E-state index is 8.97. The molecule has 0 saturated carbocycles. The lowest BCUT2D eigenvalue weighted by atomic mass is 10.1. The van der Waals surface area contributed by atoms with E-state index in [1.54, 1.807) is 24.3 Å². The number of phenolic OH excluding ortho intramolecular Hbond substituents is 1. The van der Waals surface area contributed by atoms with Gasteiger partial charge in [0.25, 0.3) is 0 Å². The third-order valence-electron chi connectivity index (χ3n) is 1.68. The fraction of sp³-hybridized carbons (Fsp3) is 0.250. The van der Waals surface area contributed by atoms with Crippen LogP contribution in [0, 0.1) is 0 Å². The SMILES string of the molecule is NC(Cc1ccc(O)cc1)P(O)O. The highest BCUT2D eigenvalue weighted by Gasteiger charge is 2.12. The van der Waals surface area contributed by atoms with Crippen LogP contribution in [0.5, 0.6) is 5.75 Å². The van der Waals surface area contributed by atoms with E-state index in [-0.39, 0.29) is 5.75 Å². The molecule has 1 unspecified atom stereocenters. The molecule has 0 spiro atoms. The van der Waals surface area contributed by atoms with E-state index in [1.165, 1.54) is 0 Å². The third kappa shape index (κ3) is 3.28. The van der Waals surface area contributed by atoms with Crippen LogP contribution >= 0.6 is 8.38 Å². The minimum absolute atomic E-state index is 0.188. The Hall–Kier alpha value is -0.670. The van der Waals surface area contributed by atoms with Gasteiger partial charge >= 0.3 is 0 Å². The zero-order chi connectivity index (χ0) is 9.84. The predicted octanol–water partition coefficient (Wildman–Crippen LogP) is 0.516. The normalized spacial score (nSPS) is 13.2. The highest BCUT2D eigenvalue weighted by atomic mass is 31.2. The molecule has 0 heterocycles. The second-order valence-corrected chi connectivity index (χ2v) is 4.06. The van der Waals surface area contributed by atoms with Crippen LogP contribution in [-0.4, -0.2) is 20.7 Å². The Morgan fingerprint density at radius 1 is 1.23 bits per heavy atom. The van der Waals surface area contributed by atoms with Gasteiger partial charge in [-0.2, -0.15) is 0 Å². The quantitative estimate of drug-likeness (QED) is 0.537. The molecule has 13 heavy (non-hydrogen) atoms. The molecule has 0 bridgehead atoms. The number of rotatable bonds is 3. The molecular weight excluding hydrogens is 189 g/mol. The van der Waals surface area contributed by atoms with Gasteiger partial charge in [-0.3, -0.25) is 0 Å². The van der Waals surface area contributed by atoms with Crippen molar-refractivity contribution in [2.45, 2.75) is 12.2 Å². The van der Waals surface area contributed by atoms with E-state index in [2.05, 4.69) is 0 Å². The van der Waals surface area contributed by atoms with E-state index >= 15 is 0 Å². The summed E-state index contributed by atoms with van der Waals surface area (Å²) in [6.45, 7) is 0. The van der Waals surface area contributed by atoms with Gasteiger partial charge in [0.15, 0.2) is 8.38 Å². The molecule has 0 saturated heterocycles. The Labute approximate surface area is 77.6 Å². The van der Waals surface area contributed by atoms with Crippen LogP contribution in [0.15, 0.2) is 24.3 Å². The first-order valence-corrected chi connectivity index (χ1v) is 5.11. The molecule has 0 aliphatic carbocycles. The van der Waals surface area contributed by atoms with Gasteiger partial charge in [-0.05, 0) is 24.1 Å². The monoisotopic (exact) mass is 201 g/mol. The second-order valence-electron chi connectivity index (χ2n) is 2.76. The summed E-state index contributed by atoms with van der Waals surface area (Å²) < 4.78 is 0. The largest absolute Gasteiger partial charge is 0.508 e. The Balaban J connectivity index is 2.59. The zero-order valence-electron chi connectivity index (χ0n) is 6.96. The van der Waals surface area contributed by atoms with Crippen LogP contribution in [0.1, 0.15) is 5.56 Å². The van der Waals surface area contributed by atoms with Crippen LogP contribution in [-0.2, 0) is 6.42 Å². The molecule has 0 aromatic heterocycles. The number of nitrogens with two attached hydrogens (primary N) is 1. The van der Waals surface area contributed by atoms with Gasteiger partial charge in [-0.1, -0.05) is 12.1 Å². The molecule has 1 aromatic rings. The fourth-order valence-electron chi connectivity index (χ4n) is 0.955. The number of hydrogen-bond donors (Lipinski definition) is 4. The van der Waals surface area contributed by atoms with E-state index < -0.39 is 14.2 Å². The van der Waals surface area contributed by atoms with Crippen LogP contribution < -0.4 is 5.73 Å². The van der Waals surface area contributed by atoms with Crippen molar-refractivity contribution in [3.63, 3.8) is 0 Å². The first-order valence-electron chi connectivity index (χ1n) is 3.80. The maximum Gasteiger partial charge on any atom is 0.183 e. The van der Waals surface area contributed by atoms with E-state index in [4.69, 9.17) is 20.6 Å². The molecule has 5 N–H and O–H groups in total. The summed E-state index contributed by atoms with van der Waals surface area (Å²) in [5, 5.41) is 8.97.